The number of carbonyl (C=O) groups is 2. The maximum absolute atomic E-state index is 13.1. The fraction of sp³-hybridized carbons (Fsp3) is 0.667. The van der Waals surface area contributed by atoms with E-state index in [0.717, 1.165) is 29.9 Å². The van der Waals surface area contributed by atoms with Gasteiger partial charge in [0.05, 0.1) is 5.56 Å². The monoisotopic (exact) mass is 434 g/mol. The van der Waals surface area contributed by atoms with E-state index < -0.39 is 11.7 Å². The Bertz CT molecular complexity index is 821. The molecule has 0 atom stereocenters. The molecule has 2 amide bonds. The van der Waals surface area contributed by atoms with Gasteiger partial charge < -0.3 is 9.80 Å². The highest BCUT2D eigenvalue weighted by Crippen LogP contribution is 2.61. The normalized spacial score (nSPS) is 32.4. The maximum atomic E-state index is 13.1. The van der Waals surface area contributed by atoms with Gasteiger partial charge in [-0.3, -0.25) is 9.59 Å². The number of rotatable bonds is 3. The van der Waals surface area contributed by atoms with Crippen LogP contribution in [0.15, 0.2) is 24.3 Å². The van der Waals surface area contributed by atoms with Crippen molar-refractivity contribution in [1.82, 2.24) is 9.80 Å². The summed E-state index contributed by atoms with van der Waals surface area (Å²) in [5, 5.41) is 0. The summed E-state index contributed by atoms with van der Waals surface area (Å²) in [5.74, 6) is 2.39. The van der Waals surface area contributed by atoms with Crippen molar-refractivity contribution in [2.24, 2.45) is 23.2 Å². The van der Waals surface area contributed by atoms with E-state index in [4.69, 9.17) is 0 Å². The lowest BCUT2D eigenvalue weighted by Gasteiger charge is -2.57. The molecule has 1 aliphatic heterocycles. The quantitative estimate of drug-likeness (QED) is 0.698. The summed E-state index contributed by atoms with van der Waals surface area (Å²) in [6, 6.07) is 4.35. The Morgan fingerprint density at radius 1 is 0.839 bits per heavy atom. The van der Waals surface area contributed by atoms with Crippen molar-refractivity contribution in [2.75, 3.05) is 26.2 Å². The minimum Gasteiger partial charge on any atom is -0.339 e. The Kier molecular flexibility index (Phi) is 5.05. The number of hydrogen-bond acceptors (Lipinski definition) is 2. The van der Waals surface area contributed by atoms with Crippen molar-refractivity contribution in [2.45, 2.75) is 51.1 Å². The third-order valence-electron chi connectivity index (χ3n) is 8.07. The summed E-state index contributed by atoms with van der Waals surface area (Å²) in [6.07, 6.45) is 3.92. The van der Waals surface area contributed by atoms with Crippen molar-refractivity contribution >= 4 is 11.8 Å². The summed E-state index contributed by atoms with van der Waals surface area (Å²) in [7, 11) is 0. The Labute approximate surface area is 180 Å². The van der Waals surface area contributed by atoms with Crippen molar-refractivity contribution in [3.05, 3.63) is 35.4 Å². The first-order valence-electron chi connectivity index (χ1n) is 11.5. The zero-order valence-corrected chi connectivity index (χ0v) is 17.7. The van der Waals surface area contributed by atoms with Crippen LogP contribution in [0.2, 0.25) is 0 Å². The van der Waals surface area contributed by atoms with E-state index in [1.54, 1.807) is 4.90 Å². The molecule has 5 fully saturated rings. The third kappa shape index (κ3) is 4.08. The van der Waals surface area contributed by atoms with Gasteiger partial charge in [-0.1, -0.05) is 0 Å². The standard InChI is InChI=1S/C24H29F3N2O2/c25-24(26,27)20-3-1-19(2-4-20)22(31)29-7-5-28(6-8-29)21(30)15-23-12-16-9-17(13-23)11-18(10-16)14-23/h1-4,16-18H,5-15H2. The highest BCUT2D eigenvalue weighted by atomic mass is 19.4. The lowest BCUT2D eigenvalue weighted by molar-refractivity contribution is -0.141. The van der Waals surface area contributed by atoms with E-state index in [1.165, 1.54) is 50.7 Å². The van der Waals surface area contributed by atoms with E-state index in [2.05, 4.69) is 0 Å². The number of amides is 2. The van der Waals surface area contributed by atoms with Gasteiger partial charge in [-0.15, -0.1) is 0 Å². The largest absolute Gasteiger partial charge is 0.416 e. The summed E-state index contributed by atoms with van der Waals surface area (Å²) in [4.78, 5) is 29.3. The Morgan fingerprint density at radius 2 is 1.32 bits per heavy atom. The summed E-state index contributed by atoms with van der Waals surface area (Å²) in [6.45, 7) is 1.84. The number of benzene rings is 1. The Hall–Kier alpha value is -2.05. The van der Waals surface area contributed by atoms with E-state index in [-0.39, 0.29) is 22.8 Å². The highest BCUT2D eigenvalue weighted by molar-refractivity contribution is 5.94. The molecule has 168 valence electrons. The van der Waals surface area contributed by atoms with Gasteiger partial charge in [0.15, 0.2) is 0 Å². The molecule has 4 saturated carbocycles. The number of halogens is 3. The molecule has 0 radical (unpaired) electrons. The number of piperazine rings is 1. The van der Waals surface area contributed by atoms with Crippen LogP contribution in [-0.2, 0) is 11.0 Å². The SMILES string of the molecule is O=C(CC12CC3CC(CC(C3)C1)C2)N1CCN(C(=O)c2ccc(C(F)(F)F)cc2)CC1. The average molecular weight is 435 g/mol. The van der Waals surface area contributed by atoms with Gasteiger partial charge in [0.2, 0.25) is 5.91 Å². The summed E-state index contributed by atoms with van der Waals surface area (Å²) < 4.78 is 38.2. The van der Waals surface area contributed by atoms with Gasteiger partial charge in [-0.05, 0) is 86.0 Å². The van der Waals surface area contributed by atoms with Crippen LogP contribution in [0.5, 0.6) is 0 Å². The molecule has 0 aromatic heterocycles. The van der Waals surface area contributed by atoms with Gasteiger partial charge in [0, 0.05) is 38.2 Å². The molecule has 4 nitrogen and oxygen atoms in total. The first-order valence-corrected chi connectivity index (χ1v) is 11.5. The highest BCUT2D eigenvalue weighted by Gasteiger charge is 2.51. The number of hydrogen-bond donors (Lipinski definition) is 0. The zero-order chi connectivity index (χ0) is 21.8. The molecule has 6 rings (SSSR count). The number of nitrogens with zero attached hydrogens (tertiary/aromatic N) is 2. The van der Waals surface area contributed by atoms with Crippen LogP contribution in [0, 0.1) is 23.2 Å². The van der Waals surface area contributed by atoms with Crippen molar-refractivity contribution in [1.29, 1.82) is 0 Å². The second-order valence-corrected chi connectivity index (χ2v) is 10.3. The fourth-order valence-corrected chi connectivity index (χ4v) is 7.08. The van der Waals surface area contributed by atoms with Crippen LogP contribution in [0.4, 0.5) is 13.2 Å². The molecule has 0 spiro atoms. The van der Waals surface area contributed by atoms with Crippen LogP contribution in [0.25, 0.3) is 0 Å². The smallest absolute Gasteiger partial charge is 0.339 e. The maximum Gasteiger partial charge on any atom is 0.416 e. The van der Waals surface area contributed by atoms with Crippen LogP contribution in [0.1, 0.15) is 60.9 Å². The molecule has 0 unspecified atom stereocenters. The lowest BCUT2D eigenvalue weighted by Crippen LogP contribution is -2.53. The van der Waals surface area contributed by atoms with Gasteiger partial charge in [0.25, 0.3) is 5.91 Å². The van der Waals surface area contributed by atoms with Gasteiger partial charge >= 0.3 is 6.18 Å². The molecule has 5 aliphatic rings. The zero-order valence-electron chi connectivity index (χ0n) is 17.7. The molecule has 0 N–H and O–H groups in total. The van der Waals surface area contributed by atoms with E-state index >= 15 is 0 Å². The fourth-order valence-electron chi connectivity index (χ4n) is 7.08. The molecule has 1 heterocycles. The third-order valence-corrected chi connectivity index (χ3v) is 8.07. The molecule has 7 heteroatoms. The number of alkyl halides is 3. The van der Waals surface area contributed by atoms with Crippen molar-refractivity contribution in [3.63, 3.8) is 0 Å². The van der Waals surface area contributed by atoms with Gasteiger partial charge in [-0.2, -0.15) is 13.2 Å². The van der Waals surface area contributed by atoms with Crippen molar-refractivity contribution < 1.29 is 22.8 Å². The predicted octanol–water partition coefficient (Wildman–Crippen LogP) is 4.60. The average Bonchev–Trinajstić information content (AvgIpc) is 2.71. The topological polar surface area (TPSA) is 40.6 Å². The summed E-state index contributed by atoms with van der Waals surface area (Å²) >= 11 is 0. The van der Waals surface area contributed by atoms with E-state index in [0.29, 0.717) is 32.6 Å². The second kappa shape index (κ2) is 7.52. The molecular weight excluding hydrogens is 405 g/mol. The predicted molar refractivity (Wildman–Crippen MR) is 109 cm³/mol. The van der Waals surface area contributed by atoms with Gasteiger partial charge in [0.1, 0.15) is 0 Å². The molecule has 4 aliphatic carbocycles. The molecule has 1 aromatic rings. The molecule has 31 heavy (non-hydrogen) atoms. The Balaban J connectivity index is 1.16. The number of carbonyl (C=O) groups excluding carboxylic acids is 2. The molecule has 1 saturated heterocycles. The lowest BCUT2D eigenvalue weighted by atomic mass is 9.49. The van der Waals surface area contributed by atoms with E-state index in [1.807, 2.05) is 4.90 Å². The minimum atomic E-state index is -4.41. The second-order valence-electron chi connectivity index (χ2n) is 10.3. The van der Waals surface area contributed by atoms with Crippen molar-refractivity contribution in [3.8, 4) is 0 Å². The molecule has 1 aromatic carbocycles. The first-order chi connectivity index (χ1) is 14.7. The van der Waals surface area contributed by atoms with Crippen LogP contribution in [-0.4, -0.2) is 47.8 Å². The Morgan fingerprint density at radius 3 is 1.81 bits per heavy atom. The van der Waals surface area contributed by atoms with Crippen LogP contribution < -0.4 is 0 Å². The molecular formula is C24H29F3N2O2. The summed E-state index contributed by atoms with van der Waals surface area (Å²) in [5.41, 5.74) is -0.301. The van der Waals surface area contributed by atoms with E-state index in [9.17, 15) is 22.8 Å². The minimum absolute atomic E-state index is 0.207. The molecule has 4 bridgehead atoms. The van der Waals surface area contributed by atoms with Crippen LogP contribution in [0.3, 0.4) is 0 Å². The van der Waals surface area contributed by atoms with Crippen LogP contribution >= 0.6 is 0 Å². The van der Waals surface area contributed by atoms with Gasteiger partial charge in [-0.25, -0.2) is 0 Å². The first kappa shape index (κ1) is 20.8.